The zero-order valence-corrected chi connectivity index (χ0v) is 16.5. The molecule has 0 fully saturated rings. The lowest BCUT2D eigenvalue weighted by Gasteiger charge is -2.24. The van der Waals surface area contributed by atoms with E-state index in [1.807, 2.05) is 13.8 Å². The molecule has 0 saturated carbocycles. The molecule has 0 unspecified atom stereocenters. The molecule has 0 amide bonds. The van der Waals surface area contributed by atoms with Crippen molar-refractivity contribution in [2.45, 2.75) is 33.6 Å². The van der Waals surface area contributed by atoms with Gasteiger partial charge in [0, 0.05) is 10.8 Å². The van der Waals surface area contributed by atoms with E-state index in [2.05, 4.69) is 0 Å². The van der Waals surface area contributed by atoms with Gasteiger partial charge < -0.3 is 46.0 Å². The molecule has 10 heteroatoms. The summed E-state index contributed by atoms with van der Waals surface area (Å²) in [6, 6.07) is 0. The third-order valence-corrected chi connectivity index (χ3v) is 4.73. The first kappa shape index (κ1) is 30.9. The topological polar surface area (TPSA) is 199 Å². The number of carboxylic acids is 1. The maximum Gasteiger partial charge on any atom is 0.314 e. The molecule has 27 heavy (non-hydrogen) atoms. The highest BCUT2D eigenvalue weighted by molar-refractivity contribution is 5.74. The van der Waals surface area contributed by atoms with E-state index in [9.17, 15) is 4.79 Å². The van der Waals surface area contributed by atoms with Crippen molar-refractivity contribution in [1.82, 2.24) is 0 Å². The van der Waals surface area contributed by atoms with Crippen LogP contribution < -0.4 is 0 Å². The quantitative estimate of drug-likeness (QED) is 0.182. The Kier molecular flexibility index (Phi) is 18.4. The molecular weight excluding hydrogens is 364 g/mol. The SMILES string of the molecule is CC(CO)(CO)C(=O)O.CCC(CO)(CO)CO.CCC(CO)(CO)CO. The molecule has 0 atom stereocenters. The van der Waals surface area contributed by atoms with Gasteiger partial charge in [0.2, 0.25) is 0 Å². The van der Waals surface area contributed by atoms with Crippen molar-refractivity contribution in [3.63, 3.8) is 0 Å². The van der Waals surface area contributed by atoms with Crippen molar-refractivity contribution in [3.05, 3.63) is 0 Å². The number of hydrogen-bond acceptors (Lipinski definition) is 9. The highest BCUT2D eigenvalue weighted by Gasteiger charge is 2.31. The molecule has 10 nitrogen and oxygen atoms in total. The zero-order valence-electron chi connectivity index (χ0n) is 16.5. The molecule has 0 bridgehead atoms. The van der Waals surface area contributed by atoms with E-state index < -0.39 is 35.4 Å². The van der Waals surface area contributed by atoms with Crippen LogP contribution in [0.4, 0.5) is 0 Å². The Labute approximate surface area is 160 Å². The van der Waals surface area contributed by atoms with Crippen LogP contribution in [0.5, 0.6) is 0 Å². The summed E-state index contributed by atoms with van der Waals surface area (Å²) < 4.78 is 0. The van der Waals surface area contributed by atoms with E-state index in [0.717, 1.165) is 0 Å². The molecule has 0 aliphatic rings. The van der Waals surface area contributed by atoms with E-state index in [1.165, 1.54) is 6.92 Å². The second kappa shape index (κ2) is 16.1. The molecule has 0 aromatic rings. The minimum Gasteiger partial charge on any atom is -0.481 e. The summed E-state index contributed by atoms with van der Waals surface area (Å²) in [7, 11) is 0. The van der Waals surface area contributed by atoms with Gasteiger partial charge in [-0.1, -0.05) is 13.8 Å². The number of hydrogen-bond donors (Lipinski definition) is 9. The number of rotatable bonds is 11. The van der Waals surface area contributed by atoms with Crippen LogP contribution in [0.3, 0.4) is 0 Å². The predicted octanol–water partition coefficient (Wildman–Crippen LogP) is -2.22. The standard InChI is InChI=1S/2C6H14O3.C5H10O4/c2*1-2-6(3-7,4-8)5-9;1-5(2-6,3-7)4(8)9/h2*7-9H,2-5H2,1H3;6-7H,2-3H2,1H3,(H,8,9). The number of aliphatic hydroxyl groups is 8. The van der Waals surface area contributed by atoms with Gasteiger partial charge in [0.05, 0.1) is 52.9 Å². The number of aliphatic carboxylic acids is 1. The van der Waals surface area contributed by atoms with E-state index in [0.29, 0.717) is 12.8 Å². The number of carboxylic acid groups (broad SMARTS) is 1. The Bertz CT molecular complexity index is 295. The van der Waals surface area contributed by atoms with E-state index >= 15 is 0 Å². The number of aliphatic hydroxyl groups excluding tert-OH is 8. The zero-order chi connectivity index (χ0) is 22.1. The lowest BCUT2D eigenvalue weighted by molar-refractivity contribution is -0.152. The van der Waals surface area contributed by atoms with Crippen molar-refractivity contribution in [3.8, 4) is 0 Å². The lowest BCUT2D eigenvalue weighted by atomic mass is 9.88. The molecule has 0 spiro atoms. The largest absolute Gasteiger partial charge is 0.481 e. The molecule has 0 heterocycles. The summed E-state index contributed by atoms with van der Waals surface area (Å²) in [5.41, 5.74) is -2.72. The van der Waals surface area contributed by atoms with Crippen LogP contribution in [0.1, 0.15) is 33.6 Å². The highest BCUT2D eigenvalue weighted by atomic mass is 16.4. The van der Waals surface area contributed by atoms with Crippen molar-refractivity contribution < 1.29 is 50.8 Å². The molecule has 0 rings (SSSR count). The second-order valence-corrected chi connectivity index (χ2v) is 6.84. The third-order valence-electron chi connectivity index (χ3n) is 4.73. The first-order valence-electron chi connectivity index (χ1n) is 8.66. The normalized spacial score (nSPS) is 11.8. The summed E-state index contributed by atoms with van der Waals surface area (Å²) >= 11 is 0. The number of carbonyl (C=O) groups is 1. The fourth-order valence-corrected chi connectivity index (χ4v) is 1.16. The molecule has 0 aromatic carbocycles. The Hall–Kier alpha value is -0.850. The molecular formula is C17H38O10. The van der Waals surface area contributed by atoms with E-state index in [-0.39, 0.29) is 39.6 Å². The molecule has 0 aliphatic carbocycles. The monoisotopic (exact) mass is 402 g/mol. The van der Waals surface area contributed by atoms with Crippen LogP contribution in [0.2, 0.25) is 0 Å². The molecule has 9 N–H and O–H groups in total. The average Bonchev–Trinajstić information content (AvgIpc) is 2.72. The molecule has 0 aliphatic heterocycles. The Morgan fingerprint density at radius 3 is 0.815 bits per heavy atom. The van der Waals surface area contributed by atoms with Gasteiger partial charge in [0.25, 0.3) is 0 Å². The van der Waals surface area contributed by atoms with Crippen molar-refractivity contribution in [1.29, 1.82) is 0 Å². The predicted molar refractivity (Wildman–Crippen MR) is 97.9 cm³/mol. The van der Waals surface area contributed by atoms with Crippen LogP contribution in [-0.2, 0) is 4.79 Å². The van der Waals surface area contributed by atoms with E-state index in [4.69, 9.17) is 46.0 Å². The minimum absolute atomic E-state index is 0.156. The van der Waals surface area contributed by atoms with Gasteiger partial charge >= 0.3 is 5.97 Å². The molecule has 0 saturated heterocycles. The average molecular weight is 402 g/mol. The summed E-state index contributed by atoms with van der Waals surface area (Å²) in [6.45, 7) is 2.89. The summed E-state index contributed by atoms with van der Waals surface area (Å²) in [5, 5.41) is 77.1. The van der Waals surface area contributed by atoms with Gasteiger partial charge in [-0.25, -0.2) is 0 Å². The third kappa shape index (κ3) is 10.9. The van der Waals surface area contributed by atoms with Crippen LogP contribution in [0, 0.1) is 16.2 Å². The summed E-state index contributed by atoms with van der Waals surface area (Å²) in [6.07, 6.45) is 1.19. The Morgan fingerprint density at radius 1 is 0.593 bits per heavy atom. The molecule has 0 aromatic heterocycles. The van der Waals surface area contributed by atoms with Gasteiger partial charge in [0.1, 0.15) is 5.41 Å². The molecule has 166 valence electrons. The smallest absolute Gasteiger partial charge is 0.314 e. The van der Waals surface area contributed by atoms with Gasteiger partial charge in [-0.3, -0.25) is 4.79 Å². The Morgan fingerprint density at radius 2 is 0.815 bits per heavy atom. The first-order valence-corrected chi connectivity index (χ1v) is 8.66. The second-order valence-electron chi connectivity index (χ2n) is 6.84. The maximum atomic E-state index is 10.2. The van der Waals surface area contributed by atoms with Crippen LogP contribution in [0.15, 0.2) is 0 Å². The van der Waals surface area contributed by atoms with Crippen molar-refractivity contribution in [2.24, 2.45) is 16.2 Å². The highest BCUT2D eigenvalue weighted by Crippen LogP contribution is 2.19. The minimum atomic E-state index is -1.39. The lowest BCUT2D eigenvalue weighted by Crippen LogP contribution is -2.35. The van der Waals surface area contributed by atoms with E-state index in [1.54, 1.807) is 0 Å². The first-order chi connectivity index (χ1) is 12.5. The van der Waals surface area contributed by atoms with Gasteiger partial charge in [-0.15, -0.1) is 0 Å². The fraction of sp³-hybridized carbons (Fsp3) is 0.941. The van der Waals surface area contributed by atoms with Gasteiger partial charge in [-0.05, 0) is 19.8 Å². The summed E-state index contributed by atoms with van der Waals surface area (Å²) in [5.74, 6) is -1.19. The maximum absolute atomic E-state index is 10.2. The molecule has 0 radical (unpaired) electrons. The fourth-order valence-electron chi connectivity index (χ4n) is 1.16. The van der Waals surface area contributed by atoms with Crippen LogP contribution >= 0.6 is 0 Å². The Balaban J connectivity index is -0.000000320. The van der Waals surface area contributed by atoms with Crippen LogP contribution in [0.25, 0.3) is 0 Å². The van der Waals surface area contributed by atoms with Gasteiger partial charge in [0.15, 0.2) is 0 Å². The van der Waals surface area contributed by atoms with Crippen molar-refractivity contribution >= 4 is 5.97 Å². The van der Waals surface area contributed by atoms with Crippen molar-refractivity contribution in [2.75, 3.05) is 52.9 Å². The summed E-state index contributed by atoms with van der Waals surface area (Å²) in [4.78, 5) is 10.2. The van der Waals surface area contributed by atoms with Gasteiger partial charge in [-0.2, -0.15) is 0 Å². The van der Waals surface area contributed by atoms with Crippen LogP contribution in [-0.4, -0.2) is 105 Å².